The Kier molecular flexibility index (Phi) is 3.24. The molecule has 1 saturated carbocycles. The molecule has 1 aliphatic carbocycles. The Bertz CT molecular complexity index is 368. The minimum Gasteiger partial charge on any atom is -0.385 e. The van der Waals surface area contributed by atoms with E-state index in [4.69, 9.17) is 0 Å². The third-order valence-corrected chi connectivity index (χ3v) is 3.39. The maximum atomic E-state index is 13.1. The number of rotatable bonds is 1. The smallest absolute Gasteiger partial charge is 0.159 e. The third-order valence-electron chi connectivity index (χ3n) is 3.39. The Balaban J connectivity index is 2.29. The van der Waals surface area contributed by atoms with Gasteiger partial charge in [-0.1, -0.05) is 31.7 Å². The highest BCUT2D eigenvalue weighted by molar-refractivity contribution is 5.24. The second-order valence-corrected chi connectivity index (χ2v) is 4.57. The number of hydrogen-bond donors (Lipinski definition) is 1. The molecule has 1 aromatic carbocycles. The first kappa shape index (κ1) is 11.5. The van der Waals surface area contributed by atoms with E-state index in [1.165, 1.54) is 6.07 Å². The number of halogens is 2. The first-order valence-electron chi connectivity index (χ1n) is 5.80. The van der Waals surface area contributed by atoms with Crippen LogP contribution in [0.3, 0.4) is 0 Å². The second-order valence-electron chi connectivity index (χ2n) is 4.57. The summed E-state index contributed by atoms with van der Waals surface area (Å²) in [6.07, 6.45) is 5.36. The molecule has 0 aliphatic heterocycles. The summed E-state index contributed by atoms with van der Waals surface area (Å²) >= 11 is 0. The molecule has 1 fully saturated rings. The zero-order valence-electron chi connectivity index (χ0n) is 9.18. The fourth-order valence-corrected chi connectivity index (χ4v) is 2.39. The van der Waals surface area contributed by atoms with Crippen molar-refractivity contribution < 1.29 is 13.9 Å². The normalized spacial score (nSPS) is 20.4. The Morgan fingerprint density at radius 2 is 1.56 bits per heavy atom. The summed E-state index contributed by atoms with van der Waals surface area (Å²) in [6, 6.07) is 3.71. The SMILES string of the molecule is OC1(c2ccc(F)c(F)c2)CCCCCC1. The van der Waals surface area contributed by atoms with Crippen LogP contribution in [0.2, 0.25) is 0 Å². The van der Waals surface area contributed by atoms with Crippen molar-refractivity contribution in [3.05, 3.63) is 35.4 Å². The molecule has 0 spiro atoms. The molecule has 88 valence electrons. The molecule has 1 aromatic rings. The largest absolute Gasteiger partial charge is 0.385 e. The van der Waals surface area contributed by atoms with Crippen LogP contribution in [0.25, 0.3) is 0 Å². The van der Waals surface area contributed by atoms with Crippen LogP contribution in [0.15, 0.2) is 18.2 Å². The van der Waals surface area contributed by atoms with Gasteiger partial charge in [0.25, 0.3) is 0 Å². The minimum absolute atomic E-state index is 0.508. The van der Waals surface area contributed by atoms with Gasteiger partial charge >= 0.3 is 0 Å². The molecule has 3 heteroatoms. The van der Waals surface area contributed by atoms with Crippen LogP contribution in [0.4, 0.5) is 8.78 Å². The first-order valence-corrected chi connectivity index (χ1v) is 5.80. The van der Waals surface area contributed by atoms with Crippen LogP contribution in [0.5, 0.6) is 0 Å². The molecular weight excluding hydrogens is 210 g/mol. The van der Waals surface area contributed by atoms with Crippen LogP contribution in [0, 0.1) is 11.6 Å². The molecule has 1 aliphatic rings. The molecule has 0 heterocycles. The lowest BCUT2D eigenvalue weighted by atomic mass is 9.86. The number of hydrogen-bond acceptors (Lipinski definition) is 1. The van der Waals surface area contributed by atoms with Gasteiger partial charge in [-0.25, -0.2) is 8.78 Å². The fourth-order valence-electron chi connectivity index (χ4n) is 2.39. The van der Waals surface area contributed by atoms with Crippen molar-refractivity contribution >= 4 is 0 Å². The van der Waals surface area contributed by atoms with E-state index >= 15 is 0 Å². The van der Waals surface area contributed by atoms with E-state index in [0.717, 1.165) is 37.8 Å². The maximum absolute atomic E-state index is 13.1. The molecule has 0 bridgehead atoms. The fraction of sp³-hybridized carbons (Fsp3) is 0.538. The molecule has 0 radical (unpaired) electrons. The molecule has 0 saturated heterocycles. The summed E-state index contributed by atoms with van der Waals surface area (Å²) in [5.74, 6) is -1.74. The molecule has 0 atom stereocenters. The van der Waals surface area contributed by atoms with Gasteiger partial charge in [-0.3, -0.25) is 0 Å². The zero-order valence-corrected chi connectivity index (χ0v) is 9.18. The second kappa shape index (κ2) is 4.50. The molecule has 0 unspecified atom stereocenters. The van der Waals surface area contributed by atoms with Gasteiger partial charge in [0, 0.05) is 0 Å². The lowest BCUT2D eigenvalue weighted by Gasteiger charge is -2.27. The van der Waals surface area contributed by atoms with Crippen molar-refractivity contribution in [3.63, 3.8) is 0 Å². The topological polar surface area (TPSA) is 20.2 Å². The van der Waals surface area contributed by atoms with E-state index in [1.54, 1.807) is 0 Å². The summed E-state index contributed by atoms with van der Waals surface area (Å²) in [5.41, 5.74) is -0.460. The number of aliphatic hydroxyl groups is 1. The van der Waals surface area contributed by atoms with Crippen molar-refractivity contribution in [3.8, 4) is 0 Å². The van der Waals surface area contributed by atoms with E-state index in [1.807, 2.05) is 0 Å². The Hall–Kier alpha value is -0.960. The predicted octanol–water partition coefficient (Wildman–Crippen LogP) is 3.51. The van der Waals surface area contributed by atoms with Crippen molar-refractivity contribution in [2.24, 2.45) is 0 Å². The van der Waals surface area contributed by atoms with Crippen LogP contribution in [-0.4, -0.2) is 5.11 Å². The van der Waals surface area contributed by atoms with E-state index in [2.05, 4.69) is 0 Å². The van der Waals surface area contributed by atoms with Gasteiger partial charge in [-0.05, 0) is 30.5 Å². The summed E-state index contributed by atoms with van der Waals surface area (Å²) in [5, 5.41) is 10.4. The monoisotopic (exact) mass is 226 g/mol. The summed E-state index contributed by atoms with van der Waals surface area (Å²) in [7, 11) is 0. The number of benzene rings is 1. The van der Waals surface area contributed by atoms with Gasteiger partial charge in [-0.15, -0.1) is 0 Å². The molecule has 1 N–H and O–H groups in total. The van der Waals surface area contributed by atoms with Gasteiger partial charge in [0.1, 0.15) is 0 Å². The molecular formula is C13H16F2O. The summed E-state index contributed by atoms with van der Waals surface area (Å²) < 4.78 is 25.9. The van der Waals surface area contributed by atoms with Crippen molar-refractivity contribution in [2.45, 2.75) is 44.1 Å². The van der Waals surface area contributed by atoms with E-state index in [9.17, 15) is 13.9 Å². The highest BCUT2D eigenvalue weighted by atomic mass is 19.2. The Morgan fingerprint density at radius 1 is 0.938 bits per heavy atom. The first-order chi connectivity index (χ1) is 7.62. The predicted molar refractivity (Wildman–Crippen MR) is 58.0 cm³/mol. The lowest BCUT2D eigenvalue weighted by Crippen LogP contribution is -2.24. The van der Waals surface area contributed by atoms with Crippen LogP contribution >= 0.6 is 0 Å². The molecule has 2 rings (SSSR count). The highest BCUT2D eigenvalue weighted by Crippen LogP contribution is 2.36. The van der Waals surface area contributed by atoms with Crippen LogP contribution < -0.4 is 0 Å². The summed E-state index contributed by atoms with van der Waals surface area (Å²) in [4.78, 5) is 0. The summed E-state index contributed by atoms with van der Waals surface area (Å²) in [6.45, 7) is 0. The van der Waals surface area contributed by atoms with Crippen LogP contribution in [-0.2, 0) is 5.60 Å². The van der Waals surface area contributed by atoms with Gasteiger partial charge in [0.05, 0.1) is 5.60 Å². The third kappa shape index (κ3) is 2.24. The molecule has 0 aromatic heterocycles. The zero-order chi connectivity index (χ0) is 11.6. The Labute approximate surface area is 94.1 Å². The van der Waals surface area contributed by atoms with Gasteiger partial charge in [0.2, 0.25) is 0 Å². The average Bonchev–Trinajstić information content (AvgIpc) is 2.48. The lowest BCUT2D eigenvalue weighted by molar-refractivity contribution is 0.0203. The molecule has 0 amide bonds. The van der Waals surface area contributed by atoms with Gasteiger partial charge in [0.15, 0.2) is 11.6 Å². The van der Waals surface area contributed by atoms with E-state index < -0.39 is 17.2 Å². The highest BCUT2D eigenvalue weighted by Gasteiger charge is 2.30. The quantitative estimate of drug-likeness (QED) is 0.726. The molecule has 1 nitrogen and oxygen atoms in total. The van der Waals surface area contributed by atoms with Crippen molar-refractivity contribution in [2.75, 3.05) is 0 Å². The van der Waals surface area contributed by atoms with Gasteiger partial charge in [-0.2, -0.15) is 0 Å². The minimum atomic E-state index is -0.967. The van der Waals surface area contributed by atoms with Crippen molar-refractivity contribution in [1.82, 2.24) is 0 Å². The van der Waals surface area contributed by atoms with E-state index in [0.29, 0.717) is 18.4 Å². The van der Waals surface area contributed by atoms with Crippen molar-refractivity contribution in [1.29, 1.82) is 0 Å². The Morgan fingerprint density at radius 3 is 2.12 bits per heavy atom. The van der Waals surface area contributed by atoms with Crippen LogP contribution in [0.1, 0.15) is 44.1 Å². The van der Waals surface area contributed by atoms with E-state index in [-0.39, 0.29) is 0 Å². The average molecular weight is 226 g/mol. The molecule has 16 heavy (non-hydrogen) atoms. The standard InChI is InChI=1S/C13H16F2O/c14-11-6-5-10(9-12(11)15)13(16)7-3-1-2-4-8-13/h5-6,9,16H,1-4,7-8H2. The maximum Gasteiger partial charge on any atom is 0.159 e. The van der Waals surface area contributed by atoms with Gasteiger partial charge < -0.3 is 5.11 Å².